The highest BCUT2D eigenvalue weighted by atomic mass is 35.5. The zero-order chi connectivity index (χ0) is 26.0. The molecule has 0 unspecified atom stereocenters. The van der Waals surface area contributed by atoms with E-state index in [1.165, 1.54) is 12.8 Å². The van der Waals surface area contributed by atoms with Gasteiger partial charge in [-0.3, -0.25) is 9.88 Å². The molecule has 0 saturated carbocycles. The quantitative estimate of drug-likeness (QED) is 0.239. The molecule has 2 aromatic carbocycles. The lowest BCUT2D eigenvalue weighted by Crippen LogP contribution is -2.33. The van der Waals surface area contributed by atoms with Gasteiger partial charge in [-0.1, -0.05) is 11.2 Å². The third kappa shape index (κ3) is 9.36. The Kier molecular flexibility index (Phi) is 15.6. The van der Waals surface area contributed by atoms with E-state index in [4.69, 9.17) is 14.5 Å². The average molecular weight is 607 g/mol. The number of hydrogen-bond donors (Lipinski definition) is 1. The van der Waals surface area contributed by atoms with E-state index in [1.54, 1.807) is 24.3 Å². The van der Waals surface area contributed by atoms with Gasteiger partial charge >= 0.3 is 0 Å². The van der Waals surface area contributed by atoms with Crippen LogP contribution >= 0.6 is 37.2 Å². The van der Waals surface area contributed by atoms with Crippen LogP contribution in [-0.2, 0) is 13.0 Å². The number of piperidine rings is 1. The predicted molar refractivity (Wildman–Crippen MR) is 167 cm³/mol. The third-order valence-corrected chi connectivity index (χ3v) is 6.73. The van der Waals surface area contributed by atoms with E-state index in [0.717, 1.165) is 66.1 Å². The summed E-state index contributed by atoms with van der Waals surface area (Å²) in [4.78, 5) is 6.96. The molecule has 0 radical (unpaired) electrons. The molecule has 4 aromatic rings. The van der Waals surface area contributed by atoms with Crippen molar-refractivity contribution in [2.75, 3.05) is 27.2 Å². The number of likely N-dealkylation sites (tertiary alicyclic amines) is 1. The molecule has 1 N–H and O–H groups in total. The van der Waals surface area contributed by atoms with Crippen molar-refractivity contribution in [1.82, 2.24) is 20.4 Å². The number of benzene rings is 2. The first kappa shape index (κ1) is 35.2. The highest BCUT2D eigenvalue weighted by Gasteiger charge is 2.21. The normalized spacial score (nSPS) is 13.1. The molecule has 5 rings (SSSR count). The summed E-state index contributed by atoms with van der Waals surface area (Å²) in [5, 5.41) is 17.2. The molecule has 0 atom stereocenters. The van der Waals surface area contributed by atoms with E-state index in [2.05, 4.69) is 38.6 Å². The van der Waals surface area contributed by atoms with Gasteiger partial charge in [-0.25, -0.2) is 0 Å². The van der Waals surface area contributed by atoms with E-state index >= 15 is 0 Å². The monoisotopic (exact) mass is 605 g/mol. The minimum atomic E-state index is 0. The van der Waals surface area contributed by atoms with E-state index in [0.29, 0.717) is 17.2 Å². The van der Waals surface area contributed by atoms with Gasteiger partial charge in [0.25, 0.3) is 0 Å². The first-order chi connectivity index (χ1) is 18.1. The van der Waals surface area contributed by atoms with Crippen molar-refractivity contribution in [3.63, 3.8) is 0 Å². The number of hydrogen-bond acceptors (Lipinski definition) is 7. The second kappa shape index (κ2) is 17.8. The van der Waals surface area contributed by atoms with Crippen molar-refractivity contribution in [2.45, 2.75) is 39.2 Å². The Hall–Kier alpha value is -2.86. The Labute approximate surface area is 255 Å². The molecule has 0 bridgehead atoms. The maximum absolute atomic E-state index is 8.96. The maximum Gasteiger partial charge on any atom is 0.173 e. The second-order valence-electron chi connectivity index (χ2n) is 9.51. The fourth-order valence-electron chi connectivity index (χ4n) is 4.68. The predicted octanol–water partition coefficient (Wildman–Crippen LogP) is 7.14. The van der Waals surface area contributed by atoms with Crippen molar-refractivity contribution >= 4 is 48.2 Å². The first-order valence-corrected chi connectivity index (χ1v) is 12.9. The molecule has 216 valence electrons. The number of ether oxygens (including phenoxy) is 1. The van der Waals surface area contributed by atoms with Gasteiger partial charge in [0.15, 0.2) is 5.58 Å². The van der Waals surface area contributed by atoms with Crippen molar-refractivity contribution < 1.29 is 9.26 Å². The number of fused-ring (bicyclic) bond motifs is 1. The molecular formula is C30H38Cl3N5O2. The molecule has 40 heavy (non-hydrogen) atoms. The number of nitriles is 1. The van der Waals surface area contributed by atoms with Crippen molar-refractivity contribution in [1.29, 1.82) is 5.26 Å². The molecule has 3 heterocycles. The molecule has 10 heteroatoms. The summed E-state index contributed by atoms with van der Waals surface area (Å²) in [5.74, 6) is 2.14. The molecule has 0 aliphatic carbocycles. The van der Waals surface area contributed by atoms with Crippen LogP contribution in [-0.4, -0.2) is 42.2 Å². The van der Waals surface area contributed by atoms with Gasteiger partial charge in [0, 0.05) is 23.7 Å². The smallest absolute Gasteiger partial charge is 0.173 e. The molecule has 0 spiro atoms. The van der Waals surface area contributed by atoms with Gasteiger partial charge in [-0.2, -0.15) is 5.26 Å². The van der Waals surface area contributed by atoms with E-state index in [9.17, 15) is 0 Å². The summed E-state index contributed by atoms with van der Waals surface area (Å²) < 4.78 is 11.8. The highest BCUT2D eigenvalue weighted by Crippen LogP contribution is 2.33. The van der Waals surface area contributed by atoms with Gasteiger partial charge in [0.1, 0.15) is 11.5 Å². The highest BCUT2D eigenvalue weighted by molar-refractivity contribution is 5.86. The molecule has 0 amide bonds. The fraction of sp³-hybridized carbons (Fsp3) is 0.367. The first-order valence-electron chi connectivity index (χ1n) is 12.9. The van der Waals surface area contributed by atoms with Gasteiger partial charge < -0.3 is 14.6 Å². The zero-order valence-corrected chi connectivity index (χ0v) is 25.6. The van der Waals surface area contributed by atoms with Gasteiger partial charge in [-0.15, -0.1) is 37.2 Å². The van der Waals surface area contributed by atoms with Crippen LogP contribution in [0.3, 0.4) is 0 Å². The Morgan fingerprint density at radius 1 is 1.02 bits per heavy atom. The molecule has 1 fully saturated rings. The molecule has 1 aliphatic heterocycles. The van der Waals surface area contributed by atoms with Crippen molar-refractivity contribution in [3.8, 4) is 17.6 Å². The SMILES string of the molecule is CNC.Cc1c(Oc2ccc(C#N)cc2)ccc2c(CCC3CCN(Cc4ccccn4)CC3)noc12.Cl.Cl.Cl. The van der Waals surface area contributed by atoms with Crippen LogP contribution in [0, 0.1) is 24.2 Å². The molecule has 1 saturated heterocycles. The van der Waals surface area contributed by atoms with Gasteiger partial charge in [0.2, 0.25) is 0 Å². The number of rotatable bonds is 7. The molecular weight excluding hydrogens is 569 g/mol. The lowest BCUT2D eigenvalue weighted by molar-refractivity contribution is 0.170. The Morgan fingerprint density at radius 3 is 2.35 bits per heavy atom. The largest absolute Gasteiger partial charge is 0.457 e. The summed E-state index contributed by atoms with van der Waals surface area (Å²) in [5.41, 5.74) is 4.50. The van der Waals surface area contributed by atoms with Crippen LogP contribution in [0.25, 0.3) is 11.0 Å². The number of nitrogens with one attached hydrogen (secondary N) is 1. The van der Waals surface area contributed by atoms with E-state index in [-0.39, 0.29) is 37.2 Å². The summed E-state index contributed by atoms with van der Waals surface area (Å²) in [6.07, 6.45) is 6.34. The van der Waals surface area contributed by atoms with Crippen LogP contribution in [0.5, 0.6) is 11.5 Å². The summed E-state index contributed by atoms with van der Waals surface area (Å²) in [7, 11) is 3.75. The second-order valence-corrected chi connectivity index (χ2v) is 9.51. The molecule has 1 aliphatic rings. The lowest BCUT2D eigenvalue weighted by atomic mass is 9.91. The Balaban J connectivity index is 0.00000128. The fourth-order valence-corrected chi connectivity index (χ4v) is 4.68. The van der Waals surface area contributed by atoms with Crippen LogP contribution in [0.15, 0.2) is 65.3 Å². The summed E-state index contributed by atoms with van der Waals surface area (Å²) in [6, 6.07) is 19.4. The minimum absolute atomic E-state index is 0. The van der Waals surface area contributed by atoms with Crippen molar-refractivity contribution in [3.05, 3.63) is 83.3 Å². The molecule has 7 nitrogen and oxygen atoms in total. The van der Waals surface area contributed by atoms with Crippen LogP contribution in [0.4, 0.5) is 0 Å². The van der Waals surface area contributed by atoms with Crippen molar-refractivity contribution in [2.24, 2.45) is 5.92 Å². The number of nitrogens with zero attached hydrogens (tertiary/aromatic N) is 4. The maximum atomic E-state index is 8.96. The number of halogens is 3. The third-order valence-electron chi connectivity index (χ3n) is 6.73. The molecule has 2 aromatic heterocycles. The Bertz CT molecular complexity index is 1320. The Morgan fingerprint density at radius 2 is 1.73 bits per heavy atom. The average Bonchev–Trinajstić information content (AvgIpc) is 3.35. The zero-order valence-electron chi connectivity index (χ0n) is 23.1. The van der Waals surface area contributed by atoms with Gasteiger partial charge in [-0.05, 0) is 114 Å². The summed E-state index contributed by atoms with van der Waals surface area (Å²) in [6.45, 7) is 5.17. The van der Waals surface area contributed by atoms with Crippen LogP contribution < -0.4 is 10.1 Å². The topological polar surface area (TPSA) is 87.2 Å². The van der Waals surface area contributed by atoms with Crippen LogP contribution in [0.2, 0.25) is 0 Å². The van der Waals surface area contributed by atoms with E-state index in [1.807, 2.05) is 45.4 Å². The van der Waals surface area contributed by atoms with E-state index < -0.39 is 0 Å². The lowest BCUT2D eigenvalue weighted by Gasteiger charge is -2.31. The summed E-state index contributed by atoms with van der Waals surface area (Å²) >= 11 is 0. The van der Waals surface area contributed by atoms with Gasteiger partial charge in [0.05, 0.1) is 23.0 Å². The minimum Gasteiger partial charge on any atom is -0.457 e. The van der Waals surface area contributed by atoms with Crippen LogP contribution in [0.1, 0.15) is 41.8 Å². The number of aryl methyl sites for hydroxylation is 2. The number of pyridine rings is 1. The number of aromatic nitrogens is 2. The standard InChI is InChI=1S/C28H28N4O2.C2H7N.3ClH/c1-20-27(33-24-8-5-22(18-29)6-9-24)12-10-25-26(31-34-28(20)25)11-7-21-13-16-32(17-14-21)19-23-4-2-3-15-30-23;1-3-2;;;/h2-6,8-10,12,15,21H,7,11,13-14,16-17,19H2,1H3;3H,1-2H3;3*1H.